The standard InChI is InChI=1S/C12H19N3O2/c1-12(2)10(8-4-6-16-11(8)12)13-5-3-9-14-7-17-15-9/h7-8,10-11,13H,3-6H2,1-2H3. The zero-order valence-electron chi connectivity index (χ0n) is 10.3. The molecule has 2 aliphatic rings. The van der Waals surface area contributed by atoms with Crippen LogP contribution in [0.25, 0.3) is 0 Å². The Labute approximate surface area is 101 Å². The average molecular weight is 237 g/mol. The van der Waals surface area contributed by atoms with E-state index in [0.717, 1.165) is 25.4 Å². The normalized spacial score (nSPS) is 34.4. The smallest absolute Gasteiger partial charge is 0.213 e. The molecule has 1 N–H and O–H groups in total. The van der Waals surface area contributed by atoms with Crippen LogP contribution in [0.1, 0.15) is 26.1 Å². The first kappa shape index (κ1) is 11.2. The highest BCUT2D eigenvalue weighted by molar-refractivity contribution is 5.11. The minimum atomic E-state index is 0.248. The fraction of sp³-hybridized carbons (Fsp3) is 0.833. The lowest BCUT2D eigenvalue weighted by molar-refractivity contribution is -0.112. The van der Waals surface area contributed by atoms with Crippen LogP contribution in [0.15, 0.2) is 10.9 Å². The van der Waals surface area contributed by atoms with Gasteiger partial charge in [-0.25, -0.2) is 0 Å². The maximum absolute atomic E-state index is 5.77. The first-order valence-corrected chi connectivity index (χ1v) is 6.30. The molecule has 0 spiro atoms. The fourth-order valence-electron chi connectivity index (χ4n) is 3.38. The average Bonchev–Trinajstić information content (AvgIpc) is 2.94. The van der Waals surface area contributed by atoms with Gasteiger partial charge in [-0.15, -0.1) is 0 Å². The van der Waals surface area contributed by atoms with E-state index in [1.54, 1.807) is 0 Å². The van der Waals surface area contributed by atoms with Gasteiger partial charge in [-0.05, 0) is 6.42 Å². The van der Waals surface area contributed by atoms with Gasteiger partial charge < -0.3 is 14.6 Å². The number of aromatic nitrogens is 2. The van der Waals surface area contributed by atoms with Crippen molar-refractivity contribution in [2.45, 2.75) is 38.8 Å². The maximum atomic E-state index is 5.77. The number of hydrogen-bond acceptors (Lipinski definition) is 5. The fourth-order valence-corrected chi connectivity index (χ4v) is 3.38. The van der Waals surface area contributed by atoms with Crippen LogP contribution in [-0.4, -0.2) is 35.4 Å². The highest BCUT2D eigenvalue weighted by atomic mass is 16.5. The molecule has 1 aromatic heterocycles. The molecule has 1 saturated carbocycles. The van der Waals surface area contributed by atoms with Crippen molar-refractivity contribution in [2.24, 2.45) is 11.3 Å². The zero-order valence-corrected chi connectivity index (χ0v) is 10.3. The number of rotatable bonds is 4. The molecule has 5 nitrogen and oxygen atoms in total. The lowest BCUT2D eigenvalue weighted by atomic mass is 9.57. The largest absolute Gasteiger partial charge is 0.377 e. The Balaban J connectivity index is 1.52. The van der Waals surface area contributed by atoms with E-state index in [-0.39, 0.29) is 5.41 Å². The van der Waals surface area contributed by atoms with Crippen LogP contribution in [0.5, 0.6) is 0 Å². The van der Waals surface area contributed by atoms with Gasteiger partial charge in [-0.3, -0.25) is 0 Å². The van der Waals surface area contributed by atoms with Crippen molar-refractivity contribution >= 4 is 0 Å². The molecule has 5 heteroatoms. The van der Waals surface area contributed by atoms with Crippen LogP contribution >= 0.6 is 0 Å². The van der Waals surface area contributed by atoms with E-state index < -0.39 is 0 Å². The minimum absolute atomic E-state index is 0.248. The summed E-state index contributed by atoms with van der Waals surface area (Å²) in [5.41, 5.74) is 0.248. The Morgan fingerprint density at radius 1 is 1.53 bits per heavy atom. The van der Waals surface area contributed by atoms with Gasteiger partial charge in [0.25, 0.3) is 0 Å². The van der Waals surface area contributed by atoms with Crippen molar-refractivity contribution in [1.82, 2.24) is 15.5 Å². The van der Waals surface area contributed by atoms with Crippen LogP contribution in [0.4, 0.5) is 0 Å². The molecule has 2 heterocycles. The Kier molecular flexibility index (Phi) is 2.67. The first-order chi connectivity index (χ1) is 8.19. The van der Waals surface area contributed by atoms with E-state index in [2.05, 4.69) is 29.3 Å². The second-order valence-electron chi connectivity index (χ2n) is 5.59. The second-order valence-corrected chi connectivity index (χ2v) is 5.59. The summed E-state index contributed by atoms with van der Waals surface area (Å²) in [5, 5.41) is 7.43. The molecule has 0 radical (unpaired) electrons. The van der Waals surface area contributed by atoms with E-state index in [1.165, 1.54) is 12.8 Å². The van der Waals surface area contributed by atoms with Crippen LogP contribution in [0.2, 0.25) is 0 Å². The summed E-state index contributed by atoms with van der Waals surface area (Å²) >= 11 is 0. The van der Waals surface area contributed by atoms with Crippen molar-refractivity contribution in [3.8, 4) is 0 Å². The molecular formula is C12H19N3O2. The third-order valence-electron chi connectivity index (χ3n) is 4.22. The Morgan fingerprint density at radius 2 is 2.41 bits per heavy atom. The quantitative estimate of drug-likeness (QED) is 0.847. The Hall–Kier alpha value is -0.940. The van der Waals surface area contributed by atoms with Crippen molar-refractivity contribution in [3.63, 3.8) is 0 Å². The van der Waals surface area contributed by atoms with Crippen molar-refractivity contribution in [1.29, 1.82) is 0 Å². The molecule has 0 aromatic carbocycles. The lowest BCUT2D eigenvalue weighted by Gasteiger charge is -2.55. The Bertz CT molecular complexity index is 377. The highest BCUT2D eigenvalue weighted by Gasteiger charge is 2.58. The number of ether oxygens (including phenoxy) is 1. The minimum Gasteiger partial charge on any atom is -0.377 e. The number of hydrogen-bond donors (Lipinski definition) is 1. The predicted octanol–water partition coefficient (Wildman–Crippen LogP) is 1.02. The highest BCUT2D eigenvalue weighted by Crippen LogP contribution is 2.51. The third kappa shape index (κ3) is 1.77. The van der Waals surface area contributed by atoms with Crippen LogP contribution in [-0.2, 0) is 11.2 Å². The predicted molar refractivity (Wildman–Crippen MR) is 61.4 cm³/mol. The van der Waals surface area contributed by atoms with Gasteiger partial charge in [0, 0.05) is 36.9 Å². The summed E-state index contributed by atoms with van der Waals surface area (Å²) in [7, 11) is 0. The molecule has 1 aromatic rings. The maximum Gasteiger partial charge on any atom is 0.213 e. The van der Waals surface area contributed by atoms with E-state index in [4.69, 9.17) is 9.26 Å². The van der Waals surface area contributed by atoms with Gasteiger partial charge in [-0.1, -0.05) is 19.0 Å². The van der Waals surface area contributed by atoms with Crippen molar-refractivity contribution in [3.05, 3.63) is 12.2 Å². The van der Waals surface area contributed by atoms with Crippen molar-refractivity contribution < 1.29 is 9.26 Å². The van der Waals surface area contributed by atoms with Crippen molar-refractivity contribution in [2.75, 3.05) is 13.2 Å². The summed E-state index contributed by atoms with van der Waals surface area (Å²) < 4.78 is 10.5. The topological polar surface area (TPSA) is 60.2 Å². The molecule has 3 rings (SSSR count). The third-order valence-corrected chi connectivity index (χ3v) is 4.22. The van der Waals surface area contributed by atoms with Crippen LogP contribution < -0.4 is 5.32 Å². The Morgan fingerprint density at radius 3 is 3.18 bits per heavy atom. The molecule has 1 aliphatic heterocycles. The number of nitrogens with one attached hydrogen (secondary N) is 1. The molecule has 1 aliphatic carbocycles. The van der Waals surface area contributed by atoms with Gasteiger partial charge in [-0.2, -0.15) is 4.98 Å². The number of nitrogens with zero attached hydrogens (tertiary/aromatic N) is 2. The van der Waals surface area contributed by atoms with E-state index in [0.29, 0.717) is 18.1 Å². The van der Waals surface area contributed by atoms with Gasteiger partial charge >= 0.3 is 0 Å². The molecule has 2 fully saturated rings. The SMILES string of the molecule is CC1(C)C(NCCc2ncon2)C2CCOC21. The van der Waals surface area contributed by atoms with E-state index >= 15 is 0 Å². The van der Waals surface area contributed by atoms with Gasteiger partial charge in [0.2, 0.25) is 6.39 Å². The van der Waals surface area contributed by atoms with Gasteiger partial charge in [0.1, 0.15) is 0 Å². The molecule has 17 heavy (non-hydrogen) atoms. The van der Waals surface area contributed by atoms with E-state index in [1.807, 2.05) is 0 Å². The monoisotopic (exact) mass is 237 g/mol. The number of fused-ring (bicyclic) bond motifs is 1. The van der Waals surface area contributed by atoms with Crippen LogP contribution in [0.3, 0.4) is 0 Å². The van der Waals surface area contributed by atoms with Gasteiger partial charge in [0.15, 0.2) is 5.82 Å². The van der Waals surface area contributed by atoms with Gasteiger partial charge in [0.05, 0.1) is 6.10 Å². The lowest BCUT2D eigenvalue weighted by Crippen LogP contribution is -2.66. The van der Waals surface area contributed by atoms with E-state index in [9.17, 15) is 0 Å². The first-order valence-electron chi connectivity index (χ1n) is 6.30. The summed E-state index contributed by atoms with van der Waals surface area (Å²) in [4.78, 5) is 4.02. The molecule has 3 atom stereocenters. The summed E-state index contributed by atoms with van der Waals surface area (Å²) in [5.74, 6) is 1.46. The molecule has 0 amide bonds. The summed E-state index contributed by atoms with van der Waals surface area (Å²) in [6.07, 6.45) is 3.84. The molecule has 94 valence electrons. The van der Waals surface area contributed by atoms with Crippen LogP contribution in [0, 0.1) is 11.3 Å². The zero-order chi connectivity index (χ0) is 11.9. The molecular weight excluding hydrogens is 218 g/mol. The second kappa shape index (κ2) is 4.07. The summed E-state index contributed by atoms with van der Waals surface area (Å²) in [6.45, 7) is 6.38. The molecule has 3 unspecified atom stereocenters. The molecule has 0 bridgehead atoms. The summed E-state index contributed by atoms with van der Waals surface area (Å²) in [6, 6.07) is 0.557. The molecule has 1 saturated heterocycles.